The van der Waals surface area contributed by atoms with Crippen LogP contribution in [0.25, 0.3) is 0 Å². The van der Waals surface area contributed by atoms with Gasteiger partial charge in [-0.05, 0) is 30.7 Å². The lowest BCUT2D eigenvalue weighted by atomic mass is 9.89. The molecule has 13 nitrogen and oxygen atoms in total. The number of primary amides is 1. The smallest absolute Gasteiger partial charge is 0.407 e. The van der Waals surface area contributed by atoms with Gasteiger partial charge in [-0.25, -0.2) is 13.2 Å². The molecule has 0 fully saturated rings. The molecule has 0 saturated heterocycles. The van der Waals surface area contributed by atoms with Crippen LogP contribution in [0.3, 0.4) is 0 Å². The Hall–Kier alpha value is -3.91. The van der Waals surface area contributed by atoms with Crippen LogP contribution in [-0.2, 0) is 24.2 Å². The number of methoxy groups -OCH3 is 1. The lowest BCUT2D eigenvalue weighted by molar-refractivity contribution is -0.125. The van der Waals surface area contributed by atoms with Crippen molar-refractivity contribution in [1.82, 2.24) is 16.0 Å². The first-order chi connectivity index (χ1) is 17.8. The molecule has 0 spiro atoms. The molecule has 0 aromatic heterocycles. The van der Waals surface area contributed by atoms with Gasteiger partial charge in [-0.1, -0.05) is 12.2 Å². The van der Waals surface area contributed by atoms with E-state index in [9.17, 15) is 32.7 Å². The SMILES string of the molecule is C=CCNC(=O)O[C@@H]1CC(C(=O)N[C@@H](CCS(C)(=O)=O)C(N)=O)=C[C@@H](NC(=O)c2ccc(OC)cc2)[C@H]1O. The first kappa shape index (κ1) is 30.3. The number of nitrogens with one attached hydrogen (secondary N) is 3. The molecule has 1 aromatic carbocycles. The second kappa shape index (κ2) is 13.6. The molecule has 14 heteroatoms. The van der Waals surface area contributed by atoms with Gasteiger partial charge in [0.2, 0.25) is 11.8 Å². The minimum Gasteiger partial charge on any atom is -0.497 e. The summed E-state index contributed by atoms with van der Waals surface area (Å²) in [5, 5.41) is 18.2. The van der Waals surface area contributed by atoms with Gasteiger partial charge in [-0.3, -0.25) is 14.4 Å². The van der Waals surface area contributed by atoms with Crippen LogP contribution in [0.15, 0.2) is 48.6 Å². The summed E-state index contributed by atoms with van der Waals surface area (Å²) in [6.07, 6.45) is -0.423. The summed E-state index contributed by atoms with van der Waals surface area (Å²) < 4.78 is 33.3. The number of rotatable bonds is 12. The van der Waals surface area contributed by atoms with Gasteiger partial charge in [-0.15, -0.1) is 6.58 Å². The Morgan fingerprint density at radius 1 is 1.21 bits per heavy atom. The van der Waals surface area contributed by atoms with Gasteiger partial charge in [0.05, 0.1) is 18.9 Å². The molecule has 1 aliphatic rings. The van der Waals surface area contributed by atoms with E-state index in [0.29, 0.717) is 5.75 Å². The first-order valence-corrected chi connectivity index (χ1v) is 13.6. The van der Waals surface area contributed by atoms with Gasteiger partial charge in [0.25, 0.3) is 5.91 Å². The summed E-state index contributed by atoms with van der Waals surface area (Å²) in [5.74, 6) is -2.21. The monoisotopic (exact) mass is 552 g/mol. The van der Waals surface area contributed by atoms with E-state index in [1.165, 1.54) is 31.4 Å². The van der Waals surface area contributed by atoms with Crippen molar-refractivity contribution in [2.24, 2.45) is 5.73 Å². The van der Waals surface area contributed by atoms with Crippen LogP contribution >= 0.6 is 0 Å². The highest BCUT2D eigenvalue weighted by Crippen LogP contribution is 2.24. The summed E-state index contributed by atoms with van der Waals surface area (Å²) in [6.45, 7) is 3.56. The second-order valence-electron chi connectivity index (χ2n) is 8.57. The zero-order valence-electron chi connectivity index (χ0n) is 21.0. The predicted molar refractivity (Wildman–Crippen MR) is 137 cm³/mol. The summed E-state index contributed by atoms with van der Waals surface area (Å²) in [7, 11) is -1.96. The van der Waals surface area contributed by atoms with E-state index in [0.717, 1.165) is 6.26 Å². The molecule has 0 radical (unpaired) electrons. The zero-order chi connectivity index (χ0) is 28.5. The van der Waals surface area contributed by atoms with Gasteiger partial charge in [0.15, 0.2) is 0 Å². The Morgan fingerprint density at radius 3 is 2.42 bits per heavy atom. The van der Waals surface area contributed by atoms with E-state index < -0.39 is 63.7 Å². The summed E-state index contributed by atoms with van der Waals surface area (Å²) in [6, 6.07) is 3.66. The lowest BCUT2D eigenvalue weighted by Crippen LogP contribution is -2.53. The molecule has 208 valence electrons. The first-order valence-electron chi connectivity index (χ1n) is 11.5. The third-order valence-corrected chi connectivity index (χ3v) is 6.54. The van der Waals surface area contributed by atoms with Gasteiger partial charge in [0, 0.05) is 30.4 Å². The fraction of sp³-hybridized carbons (Fsp3) is 0.417. The Morgan fingerprint density at radius 2 is 1.87 bits per heavy atom. The van der Waals surface area contributed by atoms with Crippen molar-refractivity contribution < 1.29 is 42.2 Å². The van der Waals surface area contributed by atoms with Crippen molar-refractivity contribution in [1.29, 1.82) is 0 Å². The third kappa shape index (κ3) is 9.19. The van der Waals surface area contributed by atoms with E-state index in [2.05, 4.69) is 22.5 Å². The number of aliphatic hydroxyl groups excluding tert-OH is 1. The molecule has 6 N–H and O–H groups in total. The largest absolute Gasteiger partial charge is 0.497 e. The average molecular weight is 553 g/mol. The molecule has 2 rings (SSSR count). The number of aliphatic hydroxyl groups is 1. The van der Waals surface area contributed by atoms with Crippen molar-refractivity contribution in [3.8, 4) is 5.75 Å². The normalized spacial score (nSPS) is 19.8. The highest BCUT2D eigenvalue weighted by molar-refractivity contribution is 7.90. The number of benzene rings is 1. The molecule has 1 aromatic rings. The summed E-state index contributed by atoms with van der Waals surface area (Å²) in [4.78, 5) is 49.7. The number of alkyl carbamates (subject to hydrolysis) is 1. The maximum absolute atomic E-state index is 13.0. The highest BCUT2D eigenvalue weighted by atomic mass is 32.2. The number of nitrogens with two attached hydrogens (primary N) is 1. The number of sulfone groups is 1. The van der Waals surface area contributed by atoms with E-state index in [-0.39, 0.29) is 30.5 Å². The van der Waals surface area contributed by atoms with Gasteiger partial charge in [0.1, 0.15) is 33.8 Å². The highest BCUT2D eigenvalue weighted by Gasteiger charge is 2.38. The fourth-order valence-electron chi connectivity index (χ4n) is 3.54. The van der Waals surface area contributed by atoms with Gasteiger partial charge >= 0.3 is 6.09 Å². The molecule has 4 atom stereocenters. The molecule has 0 heterocycles. The molecular weight excluding hydrogens is 520 g/mol. The van der Waals surface area contributed by atoms with Crippen LogP contribution in [0.4, 0.5) is 4.79 Å². The van der Waals surface area contributed by atoms with E-state index in [4.69, 9.17) is 15.2 Å². The van der Waals surface area contributed by atoms with Crippen LogP contribution < -0.4 is 26.4 Å². The van der Waals surface area contributed by atoms with Crippen LogP contribution in [0.5, 0.6) is 5.75 Å². The van der Waals surface area contributed by atoms with Crippen LogP contribution in [0.1, 0.15) is 23.2 Å². The molecule has 38 heavy (non-hydrogen) atoms. The maximum atomic E-state index is 13.0. The van der Waals surface area contributed by atoms with Crippen molar-refractivity contribution in [2.45, 2.75) is 37.1 Å². The van der Waals surface area contributed by atoms with Gasteiger partial charge in [-0.2, -0.15) is 0 Å². The number of carbonyl (C=O) groups excluding carboxylic acids is 4. The number of carbonyl (C=O) groups is 4. The van der Waals surface area contributed by atoms with E-state index in [1.807, 2.05) is 0 Å². The van der Waals surface area contributed by atoms with Crippen LogP contribution in [0.2, 0.25) is 0 Å². The van der Waals surface area contributed by atoms with Crippen LogP contribution in [-0.4, -0.2) is 87.3 Å². The molecular formula is C24H32N4O9S. The fourth-order valence-corrected chi connectivity index (χ4v) is 4.20. The molecule has 1 aliphatic carbocycles. The Labute approximate surface area is 220 Å². The number of ether oxygens (including phenoxy) is 2. The Kier molecular flexibility index (Phi) is 10.8. The van der Waals surface area contributed by atoms with Crippen molar-refractivity contribution in [2.75, 3.05) is 25.7 Å². The van der Waals surface area contributed by atoms with Gasteiger partial charge < -0.3 is 36.3 Å². The second-order valence-corrected chi connectivity index (χ2v) is 10.8. The van der Waals surface area contributed by atoms with E-state index in [1.54, 1.807) is 12.1 Å². The minimum atomic E-state index is -3.44. The maximum Gasteiger partial charge on any atom is 0.407 e. The minimum absolute atomic E-state index is 0.0255. The number of hydrogen-bond donors (Lipinski definition) is 5. The van der Waals surface area contributed by atoms with E-state index >= 15 is 0 Å². The molecule has 0 unspecified atom stereocenters. The quantitative estimate of drug-likeness (QED) is 0.205. The molecule has 0 saturated carbocycles. The topological polar surface area (TPSA) is 203 Å². The van der Waals surface area contributed by atoms with Crippen molar-refractivity contribution in [3.63, 3.8) is 0 Å². The number of amides is 4. The van der Waals surface area contributed by atoms with Crippen LogP contribution in [0, 0.1) is 0 Å². The van der Waals surface area contributed by atoms with Crippen molar-refractivity contribution >= 4 is 33.7 Å². The standard InChI is InChI=1S/C24H32N4O9S/c1-4-10-26-24(33)37-19-13-15(23(32)27-17(21(25)30)9-11-38(3,34)35)12-18(20(19)29)28-22(31)14-5-7-16(36-2)8-6-14/h4-8,12,17-20,29H,1,9-11,13H2,2-3H3,(H2,25,30)(H,26,33)(H,27,32)(H,28,31)/t17-,18+,19+,20+/m0/s1. The zero-order valence-corrected chi connectivity index (χ0v) is 21.8. The summed E-state index contributed by atoms with van der Waals surface area (Å²) >= 11 is 0. The Balaban J connectivity index is 2.28. The summed E-state index contributed by atoms with van der Waals surface area (Å²) in [5.41, 5.74) is 5.53. The average Bonchev–Trinajstić information content (AvgIpc) is 2.86. The molecule has 4 amide bonds. The Bertz CT molecular complexity index is 1180. The number of hydrogen-bond acceptors (Lipinski definition) is 9. The van der Waals surface area contributed by atoms with Crippen molar-refractivity contribution in [3.05, 3.63) is 54.1 Å². The molecule has 0 bridgehead atoms. The predicted octanol–water partition coefficient (Wildman–Crippen LogP) is -0.830. The third-order valence-electron chi connectivity index (χ3n) is 5.57. The molecule has 0 aliphatic heterocycles. The lowest BCUT2D eigenvalue weighted by Gasteiger charge is -2.33.